The number of ether oxygens (including phenoxy) is 1. The molecule has 0 saturated heterocycles. The van der Waals surface area contributed by atoms with Crippen LogP contribution >= 0.6 is 0 Å². The lowest BCUT2D eigenvalue weighted by Gasteiger charge is -2.24. The van der Waals surface area contributed by atoms with Gasteiger partial charge in [0.15, 0.2) is 0 Å². The molecular formula is C17H25NO. The van der Waals surface area contributed by atoms with Gasteiger partial charge >= 0.3 is 0 Å². The van der Waals surface area contributed by atoms with Gasteiger partial charge in [-0.05, 0) is 50.8 Å². The molecule has 1 aromatic rings. The molecule has 0 bridgehead atoms. The number of hydrogen-bond donors (Lipinski definition) is 1. The summed E-state index contributed by atoms with van der Waals surface area (Å²) >= 11 is 0. The molecule has 1 unspecified atom stereocenters. The minimum atomic E-state index is 0.375. The first-order chi connectivity index (χ1) is 9.40. The Kier molecular flexibility index (Phi) is 5.96. The van der Waals surface area contributed by atoms with Crippen LogP contribution in [-0.4, -0.2) is 19.2 Å². The van der Waals surface area contributed by atoms with Crippen molar-refractivity contribution in [3.05, 3.63) is 42.0 Å². The monoisotopic (exact) mass is 259 g/mol. The molecule has 1 N–H and O–H groups in total. The lowest BCUT2D eigenvalue weighted by molar-refractivity contribution is 0.277. The first-order valence-corrected chi connectivity index (χ1v) is 7.50. The fraction of sp³-hybridized carbons (Fsp3) is 0.529. The smallest absolute Gasteiger partial charge is 0.119 e. The molecule has 0 aromatic heterocycles. The molecule has 104 valence electrons. The van der Waals surface area contributed by atoms with Gasteiger partial charge in [-0.3, -0.25) is 0 Å². The minimum absolute atomic E-state index is 0.375. The fourth-order valence-electron chi connectivity index (χ4n) is 2.49. The number of para-hydroxylation sites is 1. The van der Waals surface area contributed by atoms with Crippen LogP contribution in [0.5, 0.6) is 5.75 Å². The first-order valence-electron chi connectivity index (χ1n) is 7.50. The minimum Gasteiger partial charge on any atom is -0.492 e. The second-order valence-electron chi connectivity index (χ2n) is 5.16. The summed E-state index contributed by atoms with van der Waals surface area (Å²) in [4.78, 5) is 0. The largest absolute Gasteiger partial charge is 0.492 e. The zero-order chi connectivity index (χ0) is 13.3. The van der Waals surface area contributed by atoms with Crippen molar-refractivity contribution in [3.8, 4) is 5.75 Å². The van der Waals surface area contributed by atoms with Gasteiger partial charge in [0.25, 0.3) is 0 Å². The summed E-state index contributed by atoms with van der Waals surface area (Å²) in [5.74, 6) is 0.960. The quantitative estimate of drug-likeness (QED) is 0.749. The Morgan fingerprint density at radius 1 is 1.21 bits per heavy atom. The van der Waals surface area contributed by atoms with E-state index < -0.39 is 0 Å². The van der Waals surface area contributed by atoms with E-state index in [1.54, 1.807) is 0 Å². The van der Waals surface area contributed by atoms with E-state index in [1.165, 1.54) is 31.3 Å². The second-order valence-corrected chi connectivity index (χ2v) is 5.16. The van der Waals surface area contributed by atoms with Crippen LogP contribution in [0, 0.1) is 0 Å². The molecule has 0 saturated carbocycles. The molecule has 0 radical (unpaired) electrons. The van der Waals surface area contributed by atoms with Crippen molar-refractivity contribution in [2.75, 3.05) is 13.2 Å². The van der Waals surface area contributed by atoms with Crippen molar-refractivity contribution in [1.29, 1.82) is 0 Å². The van der Waals surface area contributed by atoms with E-state index in [2.05, 4.69) is 18.3 Å². The normalized spacial score (nSPS) is 16.8. The summed E-state index contributed by atoms with van der Waals surface area (Å²) in [5, 5.41) is 3.62. The molecule has 0 fully saturated rings. The van der Waals surface area contributed by atoms with E-state index in [-0.39, 0.29) is 0 Å². The molecule has 19 heavy (non-hydrogen) atoms. The summed E-state index contributed by atoms with van der Waals surface area (Å²) in [6, 6.07) is 10.5. The van der Waals surface area contributed by atoms with Crippen LogP contribution in [0.2, 0.25) is 0 Å². The first kappa shape index (κ1) is 14.1. The SMILES string of the molecule is CCCNC(COc1ccccc1)C1=CCCCC1. The van der Waals surface area contributed by atoms with Gasteiger partial charge in [-0.2, -0.15) is 0 Å². The van der Waals surface area contributed by atoms with Crippen LogP contribution in [0.15, 0.2) is 42.0 Å². The highest BCUT2D eigenvalue weighted by atomic mass is 16.5. The molecule has 0 aliphatic heterocycles. The molecule has 1 aliphatic carbocycles. The Labute approximate surface area is 116 Å². The third kappa shape index (κ3) is 4.71. The standard InChI is InChI=1S/C17H25NO/c1-2-13-18-17(15-9-5-3-6-10-15)14-19-16-11-7-4-8-12-16/h4,7-9,11-12,17-18H,2-3,5-6,10,13-14H2,1H3. The molecule has 0 spiro atoms. The maximum atomic E-state index is 5.92. The number of nitrogens with one attached hydrogen (secondary N) is 1. The third-order valence-electron chi connectivity index (χ3n) is 3.57. The summed E-state index contributed by atoms with van der Waals surface area (Å²) in [5.41, 5.74) is 1.54. The van der Waals surface area contributed by atoms with Crippen LogP contribution in [-0.2, 0) is 0 Å². The van der Waals surface area contributed by atoms with E-state index in [0.29, 0.717) is 6.04 Å². The van der Waals surface area contributed by atoms with E-state index in [1.807, 2.05) is 30.3 Å². The van der Waals surface area contributed by atoms with Crippen molar-refractivity contribution >= 4 is 0 Å². The van der Waals surface area contributed by atoms with E-state index in [9.17, 15) is 0 Å². The van der Waals surface area contributed by atoms with Gasteiger partial charge in [-0.25, -0.2) is 0 Å². The molecule has 2 nitrogen and oxygen atoms in total. The zero-order valence-corrected chi connectivity index (χ0v) is 11.9. The zero-order valence-electron chi connectivity index (χ0n) is 11.9. The Hall–Kier alpha value is -1.28. The lowest BCUT2D eigenvalue weighted by Crippen LogP contribution is -2.37. The number of rotatable bonds is 7. The molecule has 1 atom stereocenters. The van der Waals surface area contributed by atoms with Crippen LogP contribution < -0.4 is 10.1 Å². The number of hydrogen-bond acceptors (Lipinski definition) is 2. The maximum Gasteiger partial charge on any atom is 0.119 e. The third-order valence-corrected chi connectivity index (χ3v) is 3.57. The molecule has 2 rings (SSSR count). The predicted molar refractivity (Wildman–Crippen MR) is 80.6 cm³/mol. The summed E-state index contributed by atoms with van der Waals surface area (Å²) in [7, 11) is 0. The van der Waals surface area contributed by atoms with Crippen molar-refractivity contribution in [1.82, 2.24) is 5.32 Å². The highest BCUT2D eigenvalue weighted by Gasteiger charge is 2.16. The van der Waals surface area contributed by atoms with Gasteiger partial charge in [0.1, 0.15) is 12.4 Å². The van der Waals surface area contributed by atoms with Crippen molar-refractivity contribution < 1.29 is 4.74 Å². The average molecular weight is 259 g/mol. The molecule has 0 heterocycles. The Morgan fingerprint density at radius 2 is 2.05 bits per heavy atom. The van der Waals surface area contributed by atoms with E-state index >= 15 is 0 Å². The Morgan fingerprint density at radius 3 is 2.74 bits per heavy atom. The van der Waals surface area contributed by atoms with E-state index in [0.717, 1.165) is 25.3 Å². The molecule has 1 aromatic carbocycles. The summed E-state index contributed by atoms with van der Waals surface area (Å²) in [6.07, 6.45) is 8.68. The number of benzene rings is 1. The van der Waals surface area contributed by atoms with Crippen LogP contribution in [0.4, 0.5) is 0 Å². The topological polar surface area (TPSA) is 21.3 Å². The second kappa shape index (κ2) is 8.00. The Bertz CT molecular complexity index is 386. The molecule has 2 heteroatoms. The van der Waals surface area contributed by atoms with E-state index in [4.69, 9.17) is 4.74 Å². The van der Waals surface area contributed by atoms with Crippen molar-refractivity contribution in [2.24, 2.45) is 0 Å². The summed E-state index contributed by atoms with van der Waals surface area (Å²) in [6.45, 7) is 3.99. The summed E-state index contributed by atoms with van der Waals surface area (Å²) < 4.78 is 5.92. The van der Waals surface area contributed by atoms with Gasteiger partial charge in [-0.15, -0.1) is 0 Å². The molecule has 0 amide bonds. The van der Waals surface area contributed by atoms with Crippen molar-refractivity contribution in [2.45, 2.75) is 45.1 Å². The van der Waals surface area contributed by atoms with Gasteiger partial charge < -0.3 is 10.1 Å². The maximum absolute atomic E-state index is 5.92. The van der Waals surface area contributed by atoms with Crippen LogP contribution in [0.1, 0.15) is 39.0 Å². The molecular weight excluding hydrogens is 234 g/mol. The Balaban J connectivity index is 1.91. The van der Waals surface area contributed by atoms with Gasteiger partial charge in [0.2, 0.25) is 0 Å². The predicted octanol–water partition coefficient (Wildman–Crippen LogP) is 3.93. The fourth-order valence-corrected chi connectivity index (χ4v) is 2.49. The molecule has 1 aliphatic rings. The van der Waals surface area contributed by atoms with Crippen LogP contribution in [0.25, 0.3) is 0 Å². The average Bonchev–Trinajstić information content (AvgIpc) is 2.49. The highest BCUT2D eigenvalue weighted by Crippen LogP contribution is 2.21. The number of allylic oxidation sites excluding steroid dienone is 1. The van der Waals surface area contributed by atoms with Gasteiger partial charge in [0.05, 0.1) is 6.04 Å². The van der Waals surface area contributed by atoms with Gasteiger partial charge in [0, 0.05) is 0 Å². The van der Waals surface area contributed by atoms with Crippen LogP contribution in [0.3, 0.4) is 0 Å². The van der Waals surface area contributed by atoms with Crippen molar-refractivity contribution in [3.63, 3.8) is 0 Å². The van der Waals surface area contributed by atoms with Gasteiger partial charge in [-0.1, -0.05) is 36.8 Å². The lowest BCUT2D eigenvalue weighted by atomic mass is 9.94. The highest BCUT2D eigenvalue weighted by molar-refractivity contribution is 5.22.